The highest BCUT2D eigenvalue weighted by atomic mass is 16.7. The summed E-state index contributed by atoms with van der Waals surface area (Å²) in [4.78, 5) is 5.58. The lowest BCUT2D eigenvalue weighted by Gasteiger charge is -2.23. The molecule has 100 valence electrons. The van der Waals surface area contributed by atoms with Gasteiger partial charge in [0.05, 0.1) is 19.3 Å². The normalized spacial score (nSPS) is 10.7. The fraction of sp³-hybridized carbons (Fsp3) is 0.111. The maximum atomic E-state index is 5.58. The van der Waals surface area contributed by atoms with Crippen molar-refractivity contribution >= 4 is 16.5 Å². The van der Waals surface area contributed by atoms with Gasteiger partial charge in [0, 0.05) is 5.39 Å². The quantitative estimate of drug-likeness (QED) is 0.646. The van der Waals surface area contributed by atoms with Crippen molar-refractivity contribution in [3.63, 3.8) is 0 Å². The molecule has 0 aliphatic rings. The van der Waals surface area contributed by atoms with Gasteiger partial charge in [-0.25, -0.2) is 5.06 Å². The summed E-state index contributed by atoms with van der Waals surface area (Å²) in [5.74, 6) is 0. The van der Waals surface area contributed by atoms with E-state index in [-0.39, 0.29) is 0 Å². The first-order chi connectivity index (χ1) is 9.88. The van der Waals surface area contributed by atoms with E-state index in [1.165, 1.54) is 16.3 Å². The predicted molar refractivity (Wildman–Crippen MR) is 83.6 cm³/mol. The third-order valence-electron chi connectivity index (χ3n) is 3.42. The lowest BCUT2D eigenvalue weighted by Crippen LogP contribution is -2.21. The monoisotopic (exact) mass is 263 g/mol. The Bertz CT molecular complexity index is 689. The van der Waals surface area contributed by atoms with Gasteiger partial charge in [-0.3, -0.25) is 4.84 Å². The Kier molecular flexibility index (Phi) is 3.66. The van der Waals surface area contributed by atoms with Gasteiger partial charge >= 0.3 is 0 Å². The molecule has 2 heteroatoms. The second kappa shape index (κ2) is 5.76. The van der Waals surface area contributed by atoms with Gasteiger partial charge in [-0.05, 0) is 17.0 Å². The largest absolute Gasteiger partial charge is 0.276 e. The molecule has 2 nitrogen and oxygen atoms in total. The van der Waals surface area contributed by atoms with Gasteiger partial charge in [0.15, 0.2) is 0 Å². The zero-order valence-electron chi connectivity index (χ0n) is 11.5. The van der Waals surface area contributed by atoms with E-state index in [0.717, 1.165) is 12.2 Å². The van der Waals surface area contributed by atoms with E-state index < -0.39 is 0 Å². The first-order valence-electron chi connectivity index (χ1n) is 6.72. The van der Waals surface area contributed by atoms with Crippen LogP contribution in [0.2, 0.25) is 0 Å². The molecule has 0 fully saturated rings. The van der Waals surface area contributed by atoms with E-state index in [0.29, 0.717) is 0 Å². The molecule has 3 aromatic rings. The van der Waals surface area contributed by atoms with E-state index in [1.807, 2.05) is 23.3 Å². The lowest BCUT2D eigenvalue weighted by atomic mass is 10.1. The van der Waals surface area contributed by atoms with Gasteiger partial charge in [-0.2, -0.15) is 0 Å². The Hall–Kier alpha value is -2.32. The molecular weight excluding hydrogens is 246 g/mol. The van der Waals surface area contributed by atoms with Crippen molar-refractivity contribution in [2.24, 2.45) is 0 Å². The van der Waals surface area contributed by atoms with Crippen LogP contribution < -0.4 is 5.06 Å². The number of nitrogens with zero attached hydrogens (tertiary/aromatic N) is 1. The van der Waals surface area contributed by atoms with Crippen LogP contribution in [-0.2, 0) is 11.4 Å². The van der Waals surface area contributed by atoms with Crippen LogP contribution in [0.25, 0.3) is 10.8 Å². The SMILES string of the molecule is CON(Cc1ccccc1)c1cccc2ccccc12. The highest BCUT2D eigenvalue weighted by Crippen LogP contribution is 2.27. The molecule has 0 N–H and O–H groups in total. The average molecular weight is 263 g/mol. The van der Waals surface area contributed by atoms with Crippen LogP contribution in [-0.4, -0.2) is 7.11 Å². The van der Waals surface area contributed by atoms with Gasteiger partial charge in [0.1, 0.15) is 0 Å². The van der Waals surface area contributed by atoms with Crippen molar-refractivity contribution in [1.29, 1.82) is 0 Å². The Morgan fingerprint density at radius 3 is 2.30 bits per heavy atom. The van der Waals surface area contributed by atoms with Crippen molar-refractivity contribution in [3.05, 3.63) is 78.4 Å². The minimum absolute atomic E-state index is 0.728. The Morgan fingerprint density at radius 2 is 1.50 bits per heavy atom. The zero-order valence-corrected chi connectivity index (χ0v) is 11.5. The molecule has 0 unspecified atom stereocenters. The first kappa shape index (κ1) is 12.7. The highest BCUT2D eigenvalue weighted by Gasteiger charge is 2.09. The molecule has 0 aliphatic heterocycles. The fourth-order valence-corrected chi connectivity index (χ4v) is 2.42. The molecule has 0 saturated carbocycles. The summed E-state index contributed by atoms with van der Waals surface area (Å²) in [7, 11) is 1.71. The Labute approximate surface area is 119 Å². The van der Waals surface area contributed by atoms with Crippen LogP contribution in [0.15, 0.2) is 72.8 Å². The van der Waals surface area contributed by atoms with Crippen LogP contribution in [0, 0.1) is 0 Å². The van der Waals surface area contributed by atoms with Crippen molar-refractivity contribution in [2.75, 3.05) is 12.2 Å². The summed E-state index contributed by atoms with van der Waals surface area (Å²) in [6.45, 7) is 0.728. The minimum Gasteiger partial charge on any atom is -0.276 e. The highest BCUT2D eigenvalue weighted by molar-refractivity contribution is 5.93. The van der Waals surface area contributed by atoms with Gasteiger partial charge in [0.2, 0.25) is 0 Å². The third-order valence-corrected chi connectivity index (χ3v) is 3.42. The molecule has 0 radical (unpaired) electrons. The zero-order chi connectivity index (χ0) is 13.8. The Morgan fingerprint density at radius 1 is 0.800 bits per heavy atom. The Balaban J connectivity index is 1.99. The van der Waals surface area contributed by atoms with Crippen LogP contribution >= 0.6 is 0 Å². The van der Waals surface area contributed by atoms with Crippen LogP contribution in [0.1, 0.15) is 5.56 Å². The summed E-state index contributed by atoms with van der Waals surface area (Å²) in [6.07, 6.45) is 0. The maximum absolute atomic E-state index is 5.58. The number of hydrogen-bond acceptors (Lipinski definition) is 2. The van der Waals surface area contributed by atoms with E-state index >= 15 is 0 Å². The van der Waals surface area contributed by atoms with E-state index in [4.69, 9.17) is 4.84 Å². The average Bonchev–Trinajstić information content (AvgIpc) is 2.53. The minimum atomic E-state index is 0.728. The molecule has 0 aromatic heterocycles. The number of hydrogen-bond donors (Lipinski definition) is 0. The molecule has 3 rings (SSSR count). The molecule has 0 spiro atoms. The predicted octanol–water partition coefficient (Wildman–Crippen LogP) is 4.41. The van der Waals surface area contributed by atoms with E-state index in [9.17, 15) is 0 Å². The topological polar surface area (TPSA) is 12.5 Å². The number of rotatable bonds is 4. The van der Waals surface area contributed by atoms with Crippen LogP contribution in [0.5, 0.6) is 0 Å². The van der Waals surface area contributed by atoms with Crippen molar-refractivity contribution in [3.8, 4) is 0 Å². The third kappa shape index (κ3) is 2.51. The summed E-state index contributed by atoms with van der Waals surface area (Å²) >= 11 is 0. The van der Waals surface area contributed by atoms with Gasteiger partial charge < -0.3 is 0 Å². The second-order valence-electron chi connectivity index (χ2n) is 4.70. The maximum Gasteiger partial charge on any atom is 0.0718 e. The second-order valence-corrected chi connectivity index (χ2v) is 4.70. The molecule has 3 aromatic carbocycles. The first-order valence-corrected chi connectivity index (χ1v) is 6.72. The van der Waals surface area contributed by atoms with E-state index in [1.54, 1.807) is 7.11 Å². The molecule has 0 amide bonds. The number of fused-ring (bicyclic) bond motifs is 1. The van der Waals surface area contributed by atoms with E-state index in [2.05, 4.69) is 54.6 Å². The summed E-state index contributed by atoms with van der Waals surface area (Å²) in [6, 6.07) is 25.0. The number of benzene rings is 3. The standard InChI is InChI=1S/C18H17NO/c1-20-19(14-15-8-3-2-4-9-15)18-13-7-11-16-10-5-6-12-17(16)18/h2-13H,14H2,1H3. The molecule has 20 heavy (non-hydrogen) atoms. The van der Waals surface area contributed by atoms with Gasteiger partial charge in [0.25, 0.3) is 0 Å². The molecule has 0 heterocycles. The summed E-state index contributed by atoms with van der Waals surface area (Å²) in [5, 5.41) is 4.35. The van der Waals surface area contributed by atoms with Crippen LogP contribution in [0.3, 0.4) is 0 Å². The van der Waals surface area contributed by atoms with Crippen molar-refractivity contribution < 1.29 is 4.84 Å². The summed E-state index contributed by atoms with van der Waals surface area (Å²) < 4.78 is 0. The van der Waals surface area contributed by atoms with Crippen molar-refractivity contribution in [1.82, 2.24) is 0 Å². The lowest BCUT2D eigenvalue weighted by molar-refractivity contribution is 0.163. The fourth-order valence-electron chi connectivity index (χ4n) is 2.42. The van der Waals surface area contributed by atoms with Gasteiger partial charge in [-0.1, -0.05) is 66.7 Å². The molecule has 0 atom stereocenters. The molecule has 0 bridgehead atoms. The van der Waals surface area contributed by atoms with Gasteiger partial charge in [-0.15, -0.1) is 0 Å². The van der Waals surface area contributed by atoms with Crippen LogP contribution in [0.4, 0.5) is 5.69 Å². The smallest absolute Gasteiger partial charge is 0.0718 e. The van der Waals surface area contributed by atoms with Crippen molar-refractivity contribution in [2.45, 2.75) is 6.54 Å². The number of hydroxylamine groups is 1. The molecule has 0 aliphatic carbocycles. The number of anilines is 1. The summed E-state index contributed by atoms with van der Waals surface area (Å²) in [5.41, 5.74) is 2.32. The molecular formula is C18H17NO. The molecule has 0 saturated heterocycles.